The maximum Gasteiger partial charge on any atom is 0.224 e. The summed E-state index contributed by atoms with van der Waals surface area (Å²) in [6.45, 7) is 8.40. The molecule has 0 radical (unpaired) electrons. The number of aromatic nitrogens is 1. The molecule has 1 aromatic carbocycles. The lowest BCUT2D eigenvalue weighted by molar-refractivity contribution is -0.130. The van der Waals surface area contributed by atoms with Gasteiger partial charge < -0.3 is 14.8 Å². The van der Waals surface area contributed by atoms with Gasteiger partial charge in [0.1, 0.15) is 0 Å². The zero-order valence-electron chi connectivity index (χ0n) is 17.4. The van der Waals surface area contributed by atoms with Crippen molar-refractivity contribution in [2.45, 2.75) is 58.9 Å². The fraction of sp³-hybridized carbons (Fsp3) is 0.565. The number of rotatable bonds is 7. The molecule has 2 aromatic rings. The van der Waals surface area contributed by atoms with Gasteiger partial charge in [0.2, 0.25) is 11.8 Å². The van der Waals surface area contributed by atoms with Crippen molar-refractivity contribution in [2.24, 2.45) is 5.92 Å². The van der Waals surface area contributed by atoms with Crippen LogP contribution in [0.5, 0.6) is 0 Å². The Hall–Kier alpha value is -2.30. The average molecular weight is 384 g/mol. The van der Waals surface area contributed by atoms with Crippen LogP contribution in [-0.2, 0) is 16.0 Å². The van der Waals surface area contributed by atoms with Crippen LogP contribution in [0, 0.1) is 5.92 Å². The minimum absolute atomic E-state index is 0.0769. The second kappa shape index (κ2) is 9.26. The Morgan fingerprint density at radius 3 is 2.64 bits per heavy atom. The van der Waals surface area contributed by atoms with Crippen LogP contribution in [0.4, 0.5) is 0 Å². The van der Waals surface area contributed by atoms with Crippen molar-refractivity contribution < 1.29 is 9.59 Å². The van der Waals surface area contributed by atoms with E-state index in [2.05, 4.69) is 54.2 Å². The predicted molar refractivity (Wildman–Crippen MR) is 113 cm³/mol. The summed E-state index contributed by atoms with van der Waals surface area (Å²) >= 11 is 0. The lowest BCUT2D eigenvalue weighted by Gasteiger charge is -2.31. The van der Waals surface area contributed by atoms with Crippen molar-refractivity contribution in [1.29, 1.82) is 0 Å². The predicted octanol–water partition coefficient (Wildman–Crippen LogP) is 3.92. The minimum atomic E-state index is 0.0769. The van der Waals surface area contributed by atoms with Crippen molar-refractivity contribution >= 4 is 22.7 Å². The van der Waals surface area contributed by atoms with E-state index in [1.165, 1.54) is 10.9 Å². The summed E-state index contributed by atoms with van der Waals surface area (Å²) in [6, 6.07) is 8.95. The summed E-state index contributed by atoms with van der Waals surface area (Å²) in [7, 11) is 0. The third kappa shape index (κ3) is 4.94. The standard InChI is InChI=1S/C23H33N3O2/c1-4-5-17(2)26-13-10-21-7-6-20(14-22(21)26)15-23(28)24-16-19-8-11-25(12-9-19)18(3)27/h6-7,10,13-14,17,19H,4-5,8-9,11-12,15-16H2,1-3H3,(H,24,28). The zero-order valence-corrected chi connectivity index (χ0v) is 17.4. The Morgan fingerprint density at radius 2 is 1.96 bits per heavy atom. The zero-order chi connectivity index (χ0) is 20.1. The van der Waals surface area contributed by atoms with Gasteiger partial charge in [-0.15, -0.1) is 0 Å². The average Bonchev–Trinajstić information content (AvgIpc) is 3.10. The van der Waals surface area contributed by atoms with E-state index in [0.717, 1.165) is 44.3 Å². The highest BCUT2D eigenvalue weighted by atomic mass is 16.2. The molecule has 0 aliphatic carbocycles. The number of nitrogens with one attached hydrogen (secondary N) is 1. The highest BCUT2D eigenvalue weighted by molar-refractivity contribution is 5.84. The number of benzene rings is 1. The Bertz CT molecular complexity index is 818. The maximum absolute atomic E-state index is 12.4. The van der Waals surface area contributed by atoms with Crippen LogP contribution in [0.2, 0.25) is 0 Å². The Morgan fingerprint density at radius 1 is 1.21 bits per heavy atom. The number of piperidine rings is 1. The minimum Gasteiger partial charge on any atom is -0.356 e. The molecule has 152 valence electrons. The molecule has 5 nitrogen and oxygen atoms in total. The van der Waals surface area contributed by atoms with Crippen LogP contribution in [0.3, 0.4) is 0 Å². The Labute approximate surface area is 168 Å². The molecule has 2 heterocycles. The molecule has 1 fully saturated rings. The van der Waals surface area contributed by atoms with E-state index in [1.54, 1.807) is 6.92 Å². The van der Waals surface area contributed by atoms with Gasteiger partial charge in [-0.25, -0.2) is 0 Å². The normalized spacial score (nSPS) is 16.3. The largest absolute Gasteiger partial charge is 0.356 e. The number of carbonyl (C=O) groups is 2. The summed E-state index contributed by atoms with van der Waals surface area (Å²) in [5.41, 5.74) is 2.27. The third-order valence-electron chi connectivity index (χ3n) is 5.98. The number of nitrogens with zero attached hydrogens (tertiary/aromatic N) is 2. The highest BCUT2D eigenvalue weighted by Crippen LogP contribution is 2.24. The van der Waals surface area contributed by atoms with Gasteiger partial charge in [-0.2, -0.15) is 0 Å². The van der Waals surface area contributed by atoms with E-state index in [4.69, 9.17) is 0 Å². The maximum atomic E-state index is 12.4. The summed E-state index contributed by atoms with van der Waals surface area (Å²) < 4.78 is 2.32. The molecule has 5 heteroatoms. The van der Waals surface area contributed by atoms with Crippen molar-refractivity contribution in [1.82, 2.24) is 14.8 Å². The number of carbonyl (C=O) groups excluding carboxylic acids is 2. The van der Waals surface area contributed by atoms with E-state index in [1.807, 2.05) is 4.90 Å². The number of fused-ring (bicyclic) bond motifs is 1. The number of amides is 2. The first-order valence-corrected chi connectivity index (χ1v) is 10.6. The van der Waals surface area contributed by atoms with Crippen LogP contribution in [0.25, 0.3) is 10.9 Å². The lowest BCUT2D eigenvalue weighted by atomic mass is 9.96. The molecule has 1 unspecified atom stereocenters. The van der Waals surface area contributed by atoms with Crippen LogP contribution in [-0.4, -0.2) is 40.9 Å². The van der Waals surface area contributed by atoms with Crippen molar-refractivity contribution in [3.8, 4) is 0 Å². The van der Waals surface area contributed by atoms with Crippen LogP contribution in [0.1, 0.15) is 58.1 Å². The van der Waals surface area contributed by atoms with Gasteiger partial charge in [0, 0.05) is 44.3 Å². The lowest BCUT2D eigenvalue weighted by Crippen LogP contribution is -2.40. The molecule has 3 rings (SSSR count). The summed E-state index contributed by atoms with van der Waals surface area (Å²) in [6.07, 6.45) is 6.81. The first kappa shape index (κ1) is 20.4. The number of likely N-dealkylation sites (tertiary alicyclic amines) is 1. The SMILES string of the molecule is CCCC(C)n1ccc2ccc(CC(=O)NCC3CCN(C(C)=O)CC3)cc21. The van der Waals surface area contributed by atoms with E-state index in [-0.39, 0.29) is 11.8 Å². The van der Waals surface area contributed by atoms with Crippen molar-refractivity contribution in [3.05, 3.63) is 36.0 Å². The topological polar surface area (TPSA) is 54.3 Å². The fourth-order valence-corrected chi connectivity index (χ4v) is 4.20. The molecule has 1 aliphatic rings. The second-order valence-electron chi connectivity index (χ2n) is 8.18. The van der Waals surface area contributed by atoms with E-state index in [9.17, 15) is 9.59 Å². The molecule has 1 aromatic heterocycles. The molecular weight excluding hydrogens is 350 g/mol. The highest BCUT2D eigenvalue weighted by Gasteiger charge is 2.21. The van der Waals surface area contributed by atoms with Gasteiger partial charge in [-0.1, -0.05) is 25.5 Å². The third-order valence-corrected chi connectivity index (χ3v) is 5.98. The molecule has 1 atom stereocenters. The summed E-state index contributed by atoms with van der Waals surface area (Å²) in [4.78, 5) is 25.7. The van der Waals surface area contributed by atoms with E-state index >= 15 is 0 Å². The van der Waals surface area contributed by atoms with Gasteiger partial charge >= 0.3 is 0 Å². The van der Waals surface area contributed by atoms with Crippen LogP contribution in [0.15, 0.2) is 30.5 Å². The summed E-state index contributed by atoms with van der Waals surface area (Å²) in [5, 5.41) is 4.32. The Balaban J connectivity index is 1.54. The smallest absolute Gasteiger partial charge is 0.224 e. The number of hydrogen-bond donors (Lipinski definition) is 1. The molecule has 28 heavy (non-hydrogen) atoms. The van der Waals surface area contributed by atoms with Crippen LogP contribution < -0.4 is 5.32 Å². The van der Waals surface area contributed by atoms with E-state index < -0.39 is 0 Å². The van der Waals surface area contributed by atoms with Crippen molar-refractivity contribution in [3.63, 3.8) is 0 Å². The van der Waals surface area contributed by atoms with Crippen molar-refractivity contribution in [2.75, 3.05) is 19.6 Å². The molecule has 1 aliphatic heterocycles. The molecule has 1 N–H and O–H groups in total. The monoisotopic (exact) mass is 383 g/mol. The molecule has 1 saturated heterocycles. The van der Waals surface area contributed by atoms with Gasteiger partial charge in [0.05, 0.1) is 6.42 Å². The first-order valence-electron chi connectivity index (χ1n) is 10.6. The Kier molecular flexibility index (Phi) is 6.76. The summed E-state index contributed by atoms with van der Waals surface area (Å²) in [5.74, 6) is 0.693. The number of hydrogen-bond acceptors (Lipinski definition) is 2. The van der Waals surface area contributed by atoms with Crippen LogP contribution >= 0.6 is 0 Å². The second-order valence-corrected chi connectivity index (χ2v) is 8.18. The van der Waals surface area contributed by atoms with Gasteiger partial charge in [0.15, 0.2) is 0 Å². The molecular formula is C23H33N3O2. The quantitative estimate of drug-likeness (QED) is 0.788. The molecule has 2 amide bonds. The van der Waals surface area contributed by atoms with E-state index in [0.29, 0.717) is 24.9 Å². The van der Waals surface area contributed by atoms with Gasteiger partial charge in [-0.3, -0.25) is 9.59 Å². The van der Waals surface area contributed by atoms with Gasteiger partial charge in [-0.05, 0) is 55.2 Å². The molecule has 0 saturated carbocycles. The molecule has 0 bridgehead atoms. The first-order chi connectivity index (χ1) is 13.5. The van der Waals surface area contributed by atoms with Gasteiger partial charge in [0.25, 0.3) is 0 Å². The molecule has 0 spiro atoms. The fourth-order valence-electron chi connectivity index (χ4n) is 4.20.